The van der Waals surface area contributed by atoms with Gasteiger partial charge in [0.25, 0.3) is 5.91 Å². The highest BCUT2D eigenvalue weighted by Crippen LogP contribution is 2.33. The van der Waals surface area contributed by atoms with E-state index in [9.17, 15) is 9.59 Å². The molecule has 1 unspecified atom stereocenters. The topological polar surface area (TPSA) is 72.3 Å². The van der Waals surface area contributed by atoms with Crippen LogP contribution in [0, 0.1) is 0 Å². The number of nitrogens with zero attached hydrogens (tertiary/aromatic N) is 1. The van der Waals surface area contributed by atoms with Crippen molar-refractivity contribution in [3.63, 3.8) is 0 Å². The molecule has 2 N–H and O–H groups in total. The third-order valence-corrected chi connectivity index (χ3v) is 5.12. The van der Waals surface area contributed by atoms with Gasteiger partial charge in [0.05, 0.1) is 26.3 Å². The van der Waals surface area contributed by atoms with Gasteiger partial charge in [-0.3, -0.25) is 9.59 Å². The van der Waals surface area contributed by atoms with E-state index in [-0.39, 0.29) is 24.4 Å². The highest BCUT2D eigenvalue weighted by molar-refractivity contribution is 5.84. The number of likely N-dealkylation sites (N-methyl/N-ethyl adjacent to an activating group) is 2. The van der Waals surface area contributed by atoms with E-state index in [4.69, 9.17) is 9.47 Å². The Hall–Kier alpha value is -2.28. The molecular weight excluding hydrogens is 334 g/mol. The Morgan fingerprint density at radius 2 is 2.00 bits per heavy atom. The largest absolute Gasteiger partial charge is 0.490 e. The second-order valence-corrected chi connectivity index (χ2v) is 6.96. The number of carbonyl (C=O) groups is 2. The summed E-state index contributed by atoms with van der Waals surface area (Å²) >= 11 is 0. The average molecular weight is 362 g/mol. The van der Waals surface area contributed by atoms with Crippen LogP contribution in [0.1, 0.15) is 30.9 Å². The van der Waals surface area contributed by atoms with Crippen molar-refractivity contribution in [2.45, 2.75) is 25.3 Å². The van der Waals surface area contributed by atoms with Crippen molar-refractivity contribution in [2.75, 3.05) is 46.9 Å². The van der Waals surface area contributed by atoms with E-state index >= 15 is 0 Å². The molecule has 0 spiro atoms. The highest BCUT2D eigenvalue weighted by atomic mass is 16.5. The summed E-state index contributed by atoms with van der Waals surface area (Å²) in [5, 5.41) is 2.55. The van der Waals surface area contributed by atoms with E-state index in [0.717, 1.165) is 37.3 Å². The first-order valence-corrected chi connectivity index (χ1v) is 9.27. The van der Waals surface area contributed by atoms with Gasteiger partial charge in [-0.05, 0) is 18.2 Å². The average Bonchev–Trinajstić information content (AvgIpc) is 2.96. The van der Waals surface area contributed by atoms with Gasteiger partial charge in [0.15, 0.2) is 18.0 Å². The fourth-order valence-electron chi connectivity index (χ4n) is 3.63. The zero-order valence-corrected chi connectivity index (χ0v) is 15.5. The van der Waals surface area contributed by atoms with Crippen LogP contribution in [0.4, 0.5) is 0 Å². The molecule has 2 amide bonds. The SMILES string of the molecule is CNC(=O)CN(C)C(=O)C[NH+]1CCC[C@H]1c1ccc2c(c1)OCCCO2. The number of quaternary nitrogens is 1. The fourth-order valence-corrected chi connectivity index (χ4v) is 3.63. The Kier molecular flexibility index (Phi) is 5.98. The number of benzene rings is 1. The van der Waals surface area contributed by atoms with Crippen LogP contribution in [0.5, 0.6) is 11.5 Å². The normalized spacial score (nSPS) is 21.8. The lowest BCUT2D eigenvalue weighted by atomic mass is 10.0. The number of hydrogen-bond donors (Lipinski definition) is 2. The first kappa shape index (κ1) is 18.5. The predicted octanol–water partition coefficient (Wildman–Crippen LogP) is -0.228. The molecule has 0 aliphatic carbocycles. The van der Waals surface area contributed by atoms with E-state index in [1.165, 1.54) is 15.4 Å². The van der Waals surface area contributed by atoms with Crippen molar-refractivity contribution in [1.29, 1.82) is 0 Å². The van der Waals surface area contributed by atoms with Crippen LogP contribution in [0.25, 0.3) is 0 Å². The molecule has 7 nitrogen and oxygen atoms in total. The lowest BCUT2D eigenvalue weighted by molar-refractivity contribution is -0.910. The van der Waals surface area contributed by atoms with Crippen LogP contribution < -0.4 is 19.7 Å². The molecule has 3 rings (SSSR count). The van der Waals surface area contributed by atoms with Gasteiger partial charge in [0.2, 0.25) is 5.91 Å². The van der Waals surface area contributed by atoms with Gasteiger partial charge in [0.1, 0.15) is 6.04 Å². The van der Waals surface area contributed by atoms with Gasteiger partial charge in [-0.2, -0.15) is 0 Å². The zero-order chi connectivity index (χ0) is 18.5. The van der Waals surface area contributed by atoms with Crippen LogP contribution in [0.3, 0.4) is 0 Å². The first-order valence-electron chi connectivity index (χ1n) is 9.27. The van der Waals surface area contributed by atoms with Crippen LogP contribution in [-0.2, 0) is 9.59 Å². The van der Waals surface area contributed by atoms with Crippen molar-refractivity contribution in [3.05, 3.63) is 23.8 Å². The van der Waals surface area contributed by atoms with Crippen LogP contribution in [-0.4, -0.2) is 63.7 Å². The molecule has 2 heterocycles. The van der Waals surface area contributed by atoms with E-state index in [2.05, 4.69) is 17.4 Å². The summed E-state index contributed by atoms with van der Waals surface area (Å²) in [6.45, 7) is 2.79. The molecule has 0 radical (unpaired) electrons. The molecule has 2 atom stereocenters. The number of fused-ring (bicyclic) bond motifs is 1. The van der Waals surface area contributed by atoms with Crippen molar-refractivity contribution in [1.82, 2.24) is 10.2 Å². The molecule has 1 aromatic rings. The summed E-state index contributed by atoms with van der Waals surface area (Å²) in [5.74, 6) is 1.43. The number of hydrogen-bond acceptors (Lipinski definition) is 4. The van der Waals surface area contributed by atoms with E-state index in [1.54, 1.807) is 14.1 Å². The van der Waals surface area contributed by atoms with E-state index in [0.29, 0.717) is 19.8 Å². The quantitative estimate of drug-likeness (QED) is 0.759. The molecular formula is C19H28N3O4+. The molecule has 1 aromatic carbocycles. The predicted molar refractivity (Wildman–Crippen MR) is 96.4 cm³/mol. The number of ether oxygens (including phenoxy) is 2. The smallest absolute Gasteiger partial charge is 0.277 e. The Balaban J connectivity index is 1.67. The molecule has 2 aliphatic rings. The number of nitrogens with one attached hydrogen (secondary N) is 2. The Morgan fingerprint density at radius 3 is 2.77 bits per heavy atom. The minimum atomic E-state index is -0.156. The van der Waals surface area contributed by atoms with Crippen molar-refractivity contribution in [3.8, 4) is 11.5 Å². The summed E-state index contributed by atoms with van der Waals surface area (Å²) in [7, 11) is 3.25. The maximum atomic E-state index is 12.5. The Morgan fingerprint density at radius 1 is 1.23 bits per heavy atom. The lowest BCUT2D eigenvalue weighted by Gasteiger charge is -2.24. The second kappa shape index (κ2) is 8.40. The fraction of sp³-hybridized carbons (Fsp3) is 0.579. The van der Waals surface area contributed by atoms with Gasteiger partial charge in [-0.15, -0.1) is 0 Å². The monoisotopic (exact) mass is 362 g/mol. The Bertz CT molecular complexity index is 664. The van der Waals surface area contributed by atoms with Crippen molar-refractivity contribution >= 4 is 11.8 Å². The molecule has 7 heteroatoms. The van der Waals surface area contributed by atoms with E-state index in [1.807, 2.05) is 6.07 Å². The van der Waals surface area contributed by atoms with Gasteiger partial charge in [-0.1, -0.05) is 0 Å². The molecule has 0 aromatic heterocycles. The van der Waals surface area contributed by atoms with Crippen LogP contribution in [0.2, 0.25) is 0 Å². The summed E-state index contributed by atoms with van der Waals surface area (Å²) in [6.07, 6.45) is 3.01. The third-order valence-electron chi connectivity index (χ3n) is 5.12. The van der Waals surface area contributed by atoms with Crippen LogP contribution >= 0.6 is 0 Å². The summed E-state index contributed by atoms with van der Waals surface area (Å²) in [4.78, 5) is 26.7. The minimum absolute atomic E-state index is 0.00940. The first-order chi connectivity index (χ1) is 12.6. The molecule has 142 valence electrons. The molecule has 26 heavy (non-hydrogen) atoms. The Labute approximate surface area is 154 Å². The van der Waals surface area contributed by atoms with E-state index < -0.39 is 0 Å². The van der Waals surface area contributed by atoms with Crippen molar-refractivity contribution in [2.24, 2.45) is 0 Å². The third kappa shape index (κ3) is 4.27. The standard InChI is InChI=1S/C19H27N3O4/c1-20-18(23)12-21(2)19(24)13-22-8-3-5-15(22)14-6-7-16-17(11-14)26-10-4-9-25-16/h6-7,11,15H,3-5,8-10,12-13H2,1-2H3,(H,20,23)/p+1/t15-/m0/s1. The second-order valence-electron chi connectivity index (χ2n) is 6.96. The number of carbonyl (C=O) groups excluding carboxylic acids is 2. The molecule has 0 bridgehead atoms. The maximum absolute atomic E-state index is 12.5. The summed E-state index contributed by atoms with van der Waals surface area (Å²) in [5.41, 5.74) is 1.18. The summed E-state index contributed by atoms with van der Waals surface area (Å²) in [6, 6.07) is 6.40. The zero-order valence-electron chi connectivity index (χ0n) is 15.5. The highest BCUT2D eigenvalue weighted by Gasteiger charge is 2.33. The molecule has 0 saturated carbocycles. The molecule has 1 saturated heterocycles. The number of likely N-dealkylation sites (tertiary alicyclic amines) is 1. The molecule has 1 fully saturated rings. The number of rotatable bonds is 5. The number of amides is 2. The van der Waals surface area contributed by atoms with Crippen LogP contribution in [0.15, 0.2) is 18.2 Å². The van der Waals surface area contributed by atoms with Gasteiger partial charge in [0, 0.05) is 38.9 Å². The van der Waals surface area contributed by atoms with Gasteiger partial charge >= 0.3 is 0 Å². The lowest BCUT2D eigenvalue weighted by Crippen LogP contribution is -3.11. The summed E-state index contributed by atoms with van der Waals surface area (Å²) < 4.78 is 11.5. The minimum Gasteiger partial charge on any atom is -0.490 e. The van der Waals surface area contributed by atoms with Gasteiger partial charge < -0.3 is 24.6 Å². The maximum Gasteiger partial charge on any atom is 0.277 e. The molecule has 2 aliphatic heterocycles. The van der Waals surface area contributed by atoms with Gasteiger partial charge in [-0.25, -0.2) is 0 Å². The van der Waals surface area contributed by atoms with Crippen molar-refractivity contribution < 1.29 is 24.0 Å².